The van der Waals surface area contributed by atoms with E-state index in [-0.39, 0.29) is 49.0 Å². The fourth-order valence-electron chi connectivity index (χ4n) is 4.21. The van der Waals surface area contributed by atoms with Crippen molar-refractivity contribution in [3.05, 3.63) is 70.8 Å². The Balaban J connectivity index is 1.86. The Kier molecular flexibility index (Phi) is 8.33. The predicted octanol–water partition coefficient (Wildman–Crippen LogP) is 5.32. The highest BCUT2D eigenvalue weighted by atomic mass is 19.4. The molecule has 0 spiro atoms. The van der Waals surface area contributed by atoms with E-state index in [4.69, 9.17) is 4.74 Å². The molecule has 11 heteroatoms. The molecule has 2 amide bonds. The zero-order chi connectivity index (χ0) is 26.7. The molecule has 1 aliphatic heterocycles. The molecule has 1 saturated heterocycles. The van der Waals surface area contributed by atoms with E-state index < -0.39 is 35.7 Å². The summed E-state index contributed by atoms with van der Waals surface area (Å²) in [6.07, 6.45) is -11.3. The molecule has 3 unspecified atom stereocenters. The largest absolute Gasteiger partial charge is 0.416 e. The minimum absolute atomic E-state index is 0.0855. The highest BCUT2D eigenvalue weighted by Crippen LogP contribution is 2.39. The lowest BCUT2D eigenvalue weighted by molar-refractivity contribution is -0.143. The average molecular weight is 516 g/mol. The number of amides is 2. The first kappa shape index (κ1) is 27.5. The average Bonchev–Trinajstić information content (AvgIpc) is 2.81. The van der Waals surface area contributed by atoms with Gasteiger partial charge in [-0.15, -0.1) is 0 Å². The zero-order valence-corrected chi connectivity index (χ0v) is 19.6. The molecule has 36 heavy (non-hydrogen) atoms. The van der Waals surface area contributed by atoms with Crippen LogP contribution in [0.25, 0.3) is 0 Å². The van der Waals surface area contributed by atoms with E-state index in [1.807, 2.05) is 12.1 Å². The van der Waals surface area contributed by atoms with Crippen LogP contribution < -0.4 is 5.32 Å². The summed E-state index contributed by atoms with van der Waals surface area (Å²) in [6, 6.07) is 10.4. The van der Waals surface area contributed by atoms with E-state index in [9.17, 15) is 35.9 Å². The van der Waals surface area contributed by atoms with Gasteiger partial charge in [0.15, 0.2) is 0 Å². The molecule has 196 valence electrons. The first-order chi connectivity index (χ1) is 16.8. The summed E-state index contributed by atoms with van der Waals surface area (Å²) in [5.41, 5.74) is -2.23. The van der Waals surface area contributed by atoms with Gasteiger partial charge in [-0.05, 0) is 42.7 Å². The molecule has 0 aromatic heterocycles. The van der Waals surface area contributed by atoms with Gasteiger partial charge in [0.05, 0.1) is 29.9 Å². The van der Waals surface area contributed by atoms with Crippen molar-refractivity contribution in [2.24, 2.45) is 0 Å². The van der Waals surface area contributed by atoms with Gasteiger partial charge < -0.3 is 15.0 Å². The summed E-state index contributed by atoms with van der Waals surface area (Å²) in [6.45, 7) is 3.00. The topological polar surface area (TPSA) is 58.6 Å². The number of benzene rings is 2. The minimum Gasteiger partial charge on any atom is -0.370 e. The van der Waals surface area contributed by atoms with Gasteiger partial charge in [0.2, 0.25) is 11.8 Å². The van der Waals surface area contributed by atoms with Crippen LogP contribution in [0.2, 0.25) is 0 Å². The van der Waals surface area contributed by atoms with Crippen molar-refractivity contribution in [3.63, 3.8) is 0 Å². The molecule has 2 aromatic carbocycles. The second kappa shape index (κ2) is 10.9. The van der Waals surface area contributed by atoms with Crippen molar-refractivity contribution in [2.75, 3.05) is 19.6 Å². The van der Waals surface area contributed by atoms with E-state index in [1.165, 1.54) is 13.8 Å². The first-order valence-electron chi connectivity index (χ1n) is 11.3. The van der Waals surface area contributed by atoms with E-state index in [2.05, 4.69) is 5.32 Å². The normalized spacial score (nSPS) is 19.6. The number of carbonyl (C=O) groups is 2. The standard InChI is InChI=1S/C25H26F6N2O3/c1-15(18-10-19(24(26,27)28)12-20(11-18)25(29,30)31)36-22-8-9-33(23(35)13-32-16(2)34)14-21(22)17-6-4-3-5-7-17/h3-7,10-12,15,21-22H,8-9,13-14H2,1-2H3,(H,32,34). The monoisotopic (exact) mass is 516 g/mol. The van der Waals surface area contributed by atoms with Gasteiger partial charge in [0.25, 0.3) is 0 Å². The Bertz CT molecular complexity index is 1040. The number of hydrogen-bond acceptors (Lipinski definition) is 3. The Morgan fingerprint density at radius 1 is 1.03 bits per heavy atom. The van der Waals surface area contributed by atoms with Crippen LogP contribution in [0.3, 0.4) is 0 Å². The smallest absolute Gasteiger partial charge is 0.370 e. The molecule has 1 aliphatic rings. The van der Waals surface area contributed by atoms with Crippen LogP contribution in [0.15, 0.2) is 48.5 Å². The molecule has 1 N–H and O–H groups in total. The first-order valence-corrected chi connectivity index (χ1v) is 11.3. The number of rotatable bonds is 6. The van der Waals surface area contributed by atoms with Gasteiger partial charge in [-0.3, -0.25) is 9.59 Å². The van der Waals surface area contributed by atoms with E-state index in [0.717, 1.165) is 5.56 Å². The van der Waals surface area contributed by atoms with Crippen LogP contribution in [0.5, 0.6) is 0 Å². The summed E-state index contributed by atoms with van der Waals surface area (Å²) in [4.78, 5) is 25.3. The van der Waals surface area contributed by atoms with Gasteiger partial charge in [-0.2, -0.15) is 26.3 Å². The molecular weight excluding hydrogens is 490 g/mol. The van der Waals surface area contributed by atoms with Crippen LogP contribution in [-0.4, -0.2) is 42.5 Å². The number of likely N-dealkylation sites (tertiary alicyclic amines) is 1. The number of nitrogens with zero attached hydrogens (tertiary/aromatic N) is 1. The Hall–Kier alpha value is -3.08. The summed E-state index contributed by atoms with van der Waals surface area (Å²) < 4.78 is 85.9. The van der Waals surface area contributed by atoms with Crippen LogP contribution in [0.4, 0.5) is 26.3 Å². The van der Waals surface area contributed by atoms with Crippen molar-refractivity contribution < 1.29 is 40.7 Å². The minimum atomic E-state index is -4.96. The van der Waals surface area contributed by atoms with E-state index in [1.54, 1.807) is 23.1 Å². The second-order valence-corrected chi connectivity index (χ2v) is 8.71. The van der Waals surface area contributed by atoms with Gasteiger partial charge >= 0.3 is 12.4 Å². The molecule has 1 fully saturated rings. The summed E-state index contributed by atoms with van der Waals surface area (Å²) in [7, 11) is 0. The molecular formula is C25H26F6N2O3. The molecule has 2 aromatic rings. The lowest BCUT2D eigenvalue weighted by atomic mass is 9.87. The van der Waals surface area contributed by atoms with Gasteiger partial charge in [-0.1, -0.05) is 30.3 Å². The Morgan fingerprint density at radius 2 is 1.61 bits per heavy atom. The maximum absolute atomic E-state index is 13.3. The summed E-state index contributed by atoms with van der Waals surface area (Å²) in [5, 5.41) is 2.45. The highest BCUT2D eigenvalue weighted by Gasteiger charge is 2.38. The maximum Gasteiger partial charge on any atom is 0.416 e. The van der Waals surface area contributed by atoms with Crippen molar-refractivity contribution in [2.45, 2.75) is 50.7 Å². The van der Waals surface area contributed by atoms with Gasteiger partial charge in [0, 0.05) is 25.9 Å². The molecule has 0 aliphatic carbocycles. The molecule has 3 atom stereocenters. The third-order valence-corrected chi connectivity index (χ3v) is 6.08. The fraction of sp³-hybridized carbons (Fsp3) is 0.440. The predicted molar refractivity (Wildman–Crippen MR) is 119 cm³/mol. The van der Waals surface area contributed by atoms with E-state index >= 15 is 0 Å². The van der Waals surface area contributed by atoms with Crippen molar-refractivity contribution >= 4 is 11.8 Å². The fourth-order valence-corrected chi connectivity index (χ4v) is 4.21. The third-order valence-electron chi connectivity index (χ3n) is 6.08. The molecule has 0 bridgehead atoms. The van der Waals surface area contributed by atoms with Gasteiger partial charge in [-0.25, -0.2) is 0 Å². The van der Waals surface area contributed by atoms with Crippen LogP contribution >= 0.6 is 0 Å². The SMILES string of the molecule is CC(=O)NCC(=O)N1CCC(OC(C)c2cc(C(F)(F)F)cc(C(F)(F)F)c2)C(c2ccccc2)C1. The number of alkyl halides is 6. The summed E-state index contributed by atoms with van der Waals surface area (Å²) >= 11 is 0. The Labute approximate surface area is 204 Å². The highest BCUT2D eigenvalue weighted by molar-refractivity contribution is 5.83. The number of ether oxygens (including phenoxy) is 1. The number of piperidine rings is 1. The number of nitrogens with one attached hydrogen (secondary N) is 1. The molecule has 0 saturated carbocycles. The lowest BCUT2D eigenvalue weighted by Crippen LogP contribution is -2.48. The summed E-state index contributed by atoms with van der Waals surface area (Å²) in [5.74, 6) is -1.03. The zero-order valence-electron chi connectivity index (χ0n) is 19.6. The third kappa shape index (κ3) is 6.99. The van der Waals surface area contributed by atoms with E-state index in [0.29, 0.717) is 18.6 Å². The second-order valence-electron chi connectivity index (χ2n) is 8.71. The van der Waals surface area contributed by atoms with Crippen LogP contribution in [-0.2, 0) is 26.7 Å². The van der Waals surface area contributed by atoms with Crippen molar-refractivity contribution in [3.8, 4) is 0 Å². The van der Waals surface area contributed by atoms with Crippen molar-refractivity contribution in [1.82, 2.24) is 10.2 Å². The van der Waals surface area contributed by atoms with Crippen LogP contribution in [0, 0.1) is 0 Å². The number of hydrogen-bond donors (Lipinski definition) is 1. The lowest BCUT2D eigenvalue weighted by Gasteiger charge is -2.40. The molecule has 1 heterocycles. The molecule has 0 radical (unpaired) electrons. The van der Waals surface area contributed by atoms with Gasteiger partial charge in [0.1, 0.15) is 0 Å². The maximum atomic E-state index is 13.3. The number of carbonyl (C=O) groups excluding carboxylic acids is 2. The molecule has 5 nitrogen and oxygen atoms in total. The molecule has 3 rings (SSSR count). The quantitative estimate of drug-likeness (QED) is 0.529. The number of halogens is 6. The van der Waals surface area contributed by atoms with Crippen molar-refractivity contribution in [1.29, 1.82) is 0 Å². The Morgan fingerprint density at radius 3 is 2.14 bits per heavy atom. The van der Waals surface area contributed by atoms with Crippen LogP contribution in [0.1, 0.15) is 54.5 Å².